The molecule has 1 aliphatic heterocycles. The Labute approximate surface area is 140 Å². The molecule has 1 saturated carbocycles. The van der Waals surface area contributed by atoms with E-state index in [1.54, 1.807) is 6.07 Å². The summed E-state index contributed by atoms with van der Waals surface area (Å²) < 4.78 is 13.2. The molecule has 2 aromatic rings. The largest absolute Gasteiger partial charge is 0.486 e. The molecule has 1 amide bonds. The van der Waals surface area contributed by atoms with Crippen molar-refractivity contribution in [3.8, 4) is 11.5 Å². The van der Waals surface area contributed by atoms with Crippen LogP contribution in [0.1, 0.15) is 42.1 Å². The number of para-hydroxylation sites is 1. The van der Waals surface area contributed by atoms with Gasteiger partial charge in [-0.05, 0) is 43.9 Å². The average Bonchev–Trinajstić information content (AvgIpc) is 3.16. The molecule has 0 atom stereocenters. The molecule has 6 heteroatoms. The van der Waals surface area contributed by atoms with Gasteiger partial charge in [-0.2, -0.15) is 5.10 Å². The van der Waals surface area contributed by atoms with Crippen molar-refractivity contribution in [1.29, 1.82) is 0 Å². The molecule has 1 aromatic heterocycles. The van der Waals surface area contributed by atoms with Crippen molar-refractivity contribution in [2.45, 2.75) is 37.8 Å². The molecule has 1 N–H and O–H groups in total. The summed E-state index contributed by atoms with van der Waals surface area (Å²) in [6, 6.07) is 8.05. The van der Waals surface area contributed by atoms with Crippen molar-refractivity contribution in [3.05, 3.63) is 42.2 Å². The number of rotatable bonds is 3. The Morgan fingerprint density at radius 2 is 1.96 bits per heavy atom. The number of hydrogen-bond acceptors (Lipinski definition) is 4. The molecule has 1 aliphatic carbocycles. The van der Waals surface area contributed by atoms with Gasteiger partial charge in [-0.25, -0.2) is 0 Å². The molecule has 0 saturated heterocycles. The minimum atomic E-state index is -0.0834. The van der Waals surface area contributed by atoms with Gasteiger partial charge in [0.25, 0.3) is 5.91 Å². The standard InChI is InChI=1S/C18H21N3O3/c22-18(15-3-1-4-16-17(15)24-12-11-23-16)20-13-5-7-14(8-6-13)21-10-2-9-19-21/h1-4,9-10,13-14H,5-8,11-12H2,(H,20,22). The lowest BCUT2D eigenvalue weighted by Gasteiger charge is -2.29. The van der Waals surface area contributed by atoms with E-state index < -0.39 is 0 Å². The molecule has 0 spiro atoms. The third kappa shape index (κ3) is 2.96. The first kappa shape index (κ1) is 15.1. The number of nitrogens with one attached hydrogen (secondary N) is 1. The second kappa shape index (κ2) is 6.55. The Morgan fingerprint density at radius 3 is 2.75 bits per heavy atom. The molecule has 0 bridgehead atoms. The predicted octanol–water partition coefficient (Wildman–Crippen LogP) is 2.57. The lowest BCUT2D eigenvalue weighted by atomic mass is 9.91. The van der Waals surface area contributed by atoms with Gasteiger partial charge in [-0.3, -0.25) is 9.48 Å². The van der Waals surface area contributed by atoms with Crippen LogP contribution in [0.2, 0.25) is 0 Å². The SMILES string of the molecule is O=C(NC1CCC(n2cccn2)CC1)c1cccc2c1OCCO2. The van der Waals surface area contributed by atoms with Gasteiger partial charge in [0.2, 0.25) is 0 Å². The second-order valence-electron chi connectivity index (χ2n) is 6.29. The van der Waals surface area contributed by atoms with E-state index in [9.17, 15) is 4.79 Å². The van der Waals surface area contributed by atoms with Crippen LogP contribution in [0.15, 0.2) is 36.7 Å². The van der Waals surface area contributed by atoms with Gasteiger partial charge in [-0.1, -0.05) is 6.07 Å². The fourth-order valence-electron chi connectivity index (χ4n) is 3.50. The van der Waals surface area contributed by atoms with Gasteiger partial charge in [0, 0.05) is 18.4 Å². The quantitative estimate of drug-likeness (QED) is 0.941. The molecular weight excluding hydrogens is 306 g/mol. The molecule has 126 valence electrons. The smallest absolute Gasteiger partial charge is 0.255 e. The number of aromatic nitrogens is 2. The van der Waals surface area contributed by atoms with Crippen molar-refractivity contribution >= 4 is 5.91 Å². The van der Waals surface area contributed by atoms with E-state index in [1.165, 1.54) is 0 Å². The van der Waals surface area contributed by atoms with Crippen molar-refractivity contribution in [2.75, 3.05) is 13.2 Å². The Kier molecular flexibility index (Phi) is 4.11. The van der Waals surface area contributed by atoms with Crippen LogP contribution in [-0.4, -0.2) is 34.9 Å². The maximum atomic E-state index is 12.6. The third-order valence-electron chi connectivity index (χ3n) is 4.74. The first-order valence-corrected chi connectivity index (χ1v) is 8.50. The van der Waals surface area contributed by atoms with Crippen LogP contribution in [0.5, 0.6) is 11.5 Å². The third-order valence-corrected chi connectivity index (χ3v) is 4.74. The fraction of sp³-hybridized carbons (Fsp3) is 0.444. The molecule has 0 radical (unpaired) electrons. The molecule has 1 aromatic carbocycles. The van der Waals surface area contributed by atoms with Crippen molar-refractivity contribution in [1.82, 2.24) is 15.1 Å². The summed E-state index contributed by atoms with van der Waals surface area (Å²) in [6.45, 7) is 1.00. The van der Waals surface area contributed by atoms with Crippen LogP contribution in [0.25, 0.3) is 0 Å². The normalized spacial score (nSPS) is 22.8. The molecule has 1 fully saturated rings. The summed E-state index contributed by atoms with van der Waals surface area (Å²) in [4.78, 5) is 12.6. The molecule has 4 rings (SSSR count). The summed E-state index contributed by atoms with van der Waals surface area (Å²) in [7, 11) is 0. The molecule has 2 heterocycles. The Bertz CT molecular complexity index is 706. The number of carbonyl (C=O) groups excluding carboxylic acids is 1. The monoisotopic (exact) mass is 327 g/mol. The number of fused-ring (bicyclic) bond motifs is 1. The molecular formula is C18H21N3O3. The van der Waals surface area contributed by atoms with Gasteiger partial charge < -0.3 is 14.8 Å². The van der Waals surface area contributed by atoms with Gasteiger partial charge in [-0.15, -0.1) is 0 Å². The first-order chi connectivity index (χ1) is 11.8. The number of carbonyl (C=O) groups is 1. The van der Waals surface area contributed by atoms with Crippen LogP contribution >= 0.6 is 0 Å². The molecule has 0 unspecified atom stereocenters. The summed E-state index contributed by atoms with van der Waals surface area (Å²) in [6.07, 6.45) is 7.80. The van der Waals surface area contributed by atoms with Gasteiger partial charge in [0.15, 0.2) is 11.5 Å². The van der Waals surface area contributed by atoms with E-state index in [0.717, 1.165) is 25.7 Å². The maximum absolute atomic E-state index is 12.6. The second-order valence-corrected chi connectivity index (χ2v) is 6.29. The fourth-order valence-corrected chi connectivity index (χ4v) is 3.50. The Morgan fingerprint density at radius 1 is 1.12 bits per heavy atom. The van der Waals surface area contributed by atoms with Crippen molar-refractivity contribution in [3.63, 3.8) is 0 Å². The van der Waals surface area contributed by atoms with E-state index >= 15 is 0 Å². The zero-order chi connectivity index (χ0) is 16.4. The summed E-state index contributed by atoms with van der Waals surface area (Å²) in [5.74, 6) is 1.13. The Hall–Kier alpha value is -2.50. The topological polar surface area (TPSA) is 65.4 Å². The number of nitrogens with zero attached hydrogens (tertiary/aromatic N) is 2. The molecule has 6 nitrogen and oxygen atoms in total. The minimum absolute atomic E-state index is 0.0834. The summed E-state index contributed by atoms with van der Waals surface area (Å²) in [5.41, 5.74) is 0.557. The van der Waals surface area contributed by atoms with Crippen LogP contribution < -0.4 is 14.8 Å². The van der Waals surface area contributed by atoms with Crippen molar-refractivity contribution < 1.29 is 14.3 Å². The zero-order valence-corrected chi connectivity index (χ0v) is 13.5. The predicted molar refractivity (Wildman–Crippen MR) is 88.4 cm³/mol. The van der Waals surface area contributed by atoms with E-state index in [0.29, 0.717) is 36.3 Å². The van der Waals surface area contributed by atoms with E-state index in [4.69, 9.17) is 9.47 Å². The van der Waals surface area contributed by atoms with Gasteiger partial charge >= 0.3 is 0 Å². The highest BCUT2D eigenvalue weighted by Crippen LogP contribution is 2.34. The zero-order valence-electron chi connectivity index (χ0n) is 13.5. The maximum Gasteiger partial charge on any atom is 0.255 e. The lowest BCUT2D eigenvalue weighted by Crippen LogP contribution is -2.38. The summed E-state index contributed by atoms with van der Waals surface area (Å²) in [5, 5.41) is 7.47. The number of hydrogen-bond donors (Lipinski definition) is 1. The highest BCUT2D eigenvalue weighted by Gasteiger charge is 2.26. The van der Waals surface area contributed by atoms with Crippen LogP contribution in [0, 0.1) is 0 Å². The lowest BCUT2D eigenvalue weighted by molar-refractivity contribution is 0.0911. The Balaban J connectivity index is 1.39. The van der Waals surface area contributed by atoms with Gasteiger partial charge in [0.05, 0.1) is 11.6 Å². The van der Waals surface area contributed by atoms with E-state index in [-0.39, 0.29) is 11.9 Å². The first-order valence-electron chi connectivity index (χ1n) is 8.50. The van der Waals surface area contributed by atoms with E-state index in [1.807, 2.05) is 35.3 Å². The highest BCUT2D eigenvalue weighted by atomic mass is 16.6. The number of ether oxygens (including phenoxy) is 2. The molecule has 2 aliphatic rings. The minimum Gasteiger partial charge on any atom is -0.486 e. The summed E-state index contributed by atoms with van der Waals surface area (Å²) >= 11 is 0. The highest BCUT2D eigenvalue weighted by molar-refractivity contribution is 5.98. The average molecular weight is 327 g/mol. The van der Waals surface area contributed by atoms with Crippen molar-refractivity contribution in [2.24, 2.45) is 0 Å². The van der Waals surface area contributed by atoms with Crippen LogP contribution in [-0.2, 0) is 0 Å². The van der Waals surface area contributed by atoms with Crippen LogP contribution in [0.3, 0.4) is 0 Å². The number of amides is 1. The number of benzene rings is 1. The van der Waals surface area contributed by atoms with Gasteiger partial charge in [0.1, 0.15) is 13.2 Å². The van der Waals surface area contributed by atoms with Crippen LogP contribution in [0.4, 0.5) is 0 Å². The molecule has 24 heavy (non-hydrogen) atoms. The van der Waals surface area contributed by atoms with E-state index in [2.05, 4.69) is 10.4 Å².